The van der Waals surface area contributed by atoms with E-state index in [1.807, 2.05) is 12.3 Å². The lowest BCUT2D eigenvalue weighted by molar-refractivity contribution is 0.445. The maximum Gasteiger partial charge on any atom is 0.300 e. The minimum absolute atomic E-state index is 0.116. The monoisotopic (exact) mass is 618 g/mol. The molecule has 0 spiro atoms. The second-order valence-electron chi connectivity index (χ2n) is 11.0. The van der Waals surface area contributed by atoms with Gasteiger partial charge in [0.2, 0.25) is 0 Å². The summed E-state index contributed by atoms with van der Waals surface area (Å²) in [5, 5.41) is 9.19. The van der Waals surface area contributed by atoms with Crippen molar-refractivity contribution in [3.05, 3.63) is 79.0 Å². The summed E-state index contributed by atoms with van der Waals surface area (Å²) in [4.78, 5) is 19.6. The Morgan fingerprint density at radius 2 is 1.74 bits per heavy atom. The minimum Gasteiger partial charge on any atom is -0.370 e. The summed E-state index contributed by atoms with van der Waals surface area (Å²) >= 11 is 0. The Morgan fingerprint density at radius 1 is 0.930 bits per heavy atom. The number of hydrogen-bond acceptors (Lipinski definition) is 11. The molecule has 1 aliphatic rings. The maximum absolute atomic E-state index is 12.9. The van der Waals surface area contributed by atoms with Crippen molar-refractivity contribution in [2.75, 3.05) is 35.3 Å². The Bertz CT molecular complexity index is 2020. The standard InChI is InChI=1S/C29H30N8O4S2/c1-19(2)22-7-8-25(36-15-20(16-36)18-42(3,38)39)24-14-32-27(12-23(22)24)34-26-9-11-31-29(35-26)21-13-33-37(17-21)43(40,41)28-6-4-5-10-30-28/h4-14,17,19-20H,15-16,18H2,1-3H3,(H,31,32,34,35). The van der Waals surface area contributed by atoms with Crippen LogP contribution in [0.4, 0.5) is 17.3 Å². The molecular formula is C29H30N8O4S2. The molecule has 0 atom stereocenters. The lowest BCUT2D eigenvalue weighted by Crippen LogP contribution is -2.49. The zero-order chi connectivity index (χ0) is 30.4. The van der Waals surface area contributed by atoms with E-state index in [-0.39, 0.29) is 22.6 Å². The summed E-state index contributed by atoms with van der Waals surface area (Å²) < 4.78 is 50.0. The van der Waals surface area contributed by atoms with Gasteiger partial charge in [-0.3, -0.25) is 0 Å². The molecule has 1 saturated heterocycles. The number of aromatic nitrogens is 6. The molecule has 0 saturated carbocycles. The van der Waals surface area contributed by atoms with Crippen LogP contribution in [-0.4, -0.2) is 71.1 Å². The molecule has 6 rings (SSSR count). The number of benzene rings is 1. The van der Waals surface area contributed by atoms with Gasteiger partial charge in [-0.1, -0.05) is 26.0 Å². The zero-order valence-electron chi connectivity index (χ0n) is 23.8. The van der Waals surface area contributed by atoms with Crippen molar-refractivity contribution in [2.45, 2.75) is 24.8 Å². The lowest BCUT2D eigenvalue weighted by atomic mass is 9.93. The van der Waals surface area contributed by atoms with Crippen molar-refractivity contribution in [1.82, 2.24) is 29.1 Å². The Kier molecular flexibility index (Phi) is 7.34. The van der Waals surface area contributed by atoms with Crippen LogP contribution in [0.3, 0.4) is 0 Å². The molecule has 222 valence electrons. The van der Waals surface area contributed by atoms with Gasteiger partial charge in [0, 0.05) is 54.9 Å². The average molecular weight is 619 g/mol. The van der Waals surface area contributed by atoms with E-state index in [1.165, 1.54) is 36.5 Å². The molecule has 1 aromatic carbocycles. The highest BCUT2D eigenvalue weighted by Crippen LogP contribution is 2.37. The van der Waals surface area contributed by atoms with E-state index in [9.17, 15) is 16.8 Å². The summed E-state index contributed by atoms with van der Waals surface area (Å²) in [5.74, 6) is 1.94. The van der Waals surface area contributed by atoms with Gasteiger partial charge in [0.05, 0.1) is 23.7 Å². The molecule has 1 N–H and O–H groups in total. The lowest BCUT2D eigenvalue weighted by Gasteiger charge is -2.41. The molecule has 5 heterocycles. The zero-order valence-corrected chi connectivity index (χ0v) is 25.4. The van der Waals surface area contributed by atoms with E-state index in [2.05, 4.69) is 61.2 Å². The van der Waals surface area contributed by atoms with Gasteiger partial charge in [0.25, 0.3) is 10.0 Å². The first-order valence-electron chi connectivity index (χ1n) is 13.6. The largest absolute Gasteiger partial charge is 0.370 e. The van der Waals surface area contributed by atoms with Gasteiger partial charge in [-0.25, -0.2) is 28.4 Å². The molecule has 1 aliphatic heterocycles. The minimum atomic E-state index is -3.95. The fourth-order valence-corrected chi connectivity index (χ4v) is 7.37. The normalized spacial score (nSPS) is 14.3. The van der Waals surface area contributed by atoms with Crippen LogP contribution < -0.4 is 10.2 Å². The van der Waals surface area contributed by atoms with Crippen molar-refractivity contribution < 1.29 is 16.8 Å². The van der Waals surface area contributed by atoms with Crippen LogP contribution >= 0.6 is 0 Å². The summed E-state index contributed by atoms with van der Waals surface area (Å²) in [6.07, 6.45) is 8.83. The van der Waals surface area contributed by atoms with Gasteiger partial charge in [0.1, 0.15) is 21.5 Å². The third-order valence-corrected chi connectivity index (χ3v) is 9.79. The number of anilines is 3. The fourth-order valence-electron chi connectivity index (χ4n) is 5.24. The van der Waals surface area contributed by atoms with Crippen molar-refractivity contribution in [1.29, 1.82) is 0 Å². The van der Waals surface area contributed by atoms with Gasteiger partial charge in [-0.2, -0.15) is 17.6 Å². The van der Waals surface area contributed by atoms with Crippen molar-refractivity contribution >= 4 is 48.0 Å². The van der Waals surface area contributed by atoms with Crippen LogP contribution in [0.15, 0.2) is 78.5 Å². The van der Waals surface area contributed by atoms with Gasteiger partial charge < -0.3 is 10.2 Å². The summed E-state index contributed by atoms with van der Waals surface area (Å²) in [6.45, 7) is 5.65. The predicted molar refractivity (Wildman–Crippen MR) is 165 cm³/mol. The number of nitrogens with zero attached hydrogens (tertiary/aromatic N) is 7. The van der Waals surface area contributed by atoms with Crippen molar-refractivity contribution in [3.63, 3.8) is 0 Å². The quantitative estimate of drug-likeness (QED) is 0.256. The van der Waals surface area contributed by atoms with E-state index in [0.717, 1.165) is 20.5 Å². The predicted octanol–water partition coefficient (Wildman–Crippen LogP) is 3.87. The molecular weight excluding hydrogens is 589 g/mol. The van der Waals surface area contributed by atoms with Crippen LogP contribution in [0.2, 0.25) is 0 Å². The molecule has 12 nitrogen and oxygen atoms in total. The van der Waals surface area contributed by atoms with Crippen LogP contribution in [0, 0.1) is 5.92 Å². The SMILES string of the molecule is CC(C)c1ccc(N2CC(CS(C)(=O)=O)C2)c2cnc(Nc3ccnc(-c4cnn(S(=O)(=O)c5ccccn5)c4)n3)cc12. The van der Waals surface area contributed by atoms with Gasteiger partial charge in [0.15, 0.2) is 10.9 Å². The number of hydrogen-bond donors (Lipinski definition) is 1. The highest BCUT2D eigenvalue weighted by atomic mass is 32.2. The maximum atomic E-state index is 12.9. The Hall–Kier alpha value is -4.43. The van der Waals surface area contributed by atoms with Crippen molar-refractivity contribution in [3.8, 4) is 11.4 Å². The molecule has 4 aromatic heterocycles. The van der Waals surface area contributed by atoms with Crippen LogP contribution in [0.25, 0.3) is 22.2 Å². The third-order valence-electron chi connectivity index (χ3n) is 7.25. The van der Waals surface area contributed by atoms with Gasteiger partial charge in [-0.05, 0) is 47.2 Å². The molecule has 5 aromatic rings. The number of nitrogens with one attached hydrogen (secondary N) is 1. The molecule has 0 radical (unpaired) electrons. The van der Waals surface area contributed by atoms with E-state index >= 15 is 0 Å². The van der Waals surface area contributed by atoms with Crippen LogP contribution in [-0.2, 0) is 19.9 Å². The highest BCUT2D eigenvalue weighted by Gasteiger charge is 2.31. The van der Waals surface area contributed by atoms with Gasteiger partial charge in [-0.15, -0.1) is 0 Å². The van der Waals surface area contributed by atoms with Crippen LogP contribution in [0.5, 0.6) is 0 Å². The first kappa shape index (κ1) is 28.7. The van der Waals surface area contributed by atoms with E-state index in [0.29, 0.717) is 36.1 Å². The third kappa shape index (κ3) is 5.92. The first-order chi connectivity index (χ1) is 20.5. The molecule has 0 amide bonds. The topological polar surface area (TPSA) is 153 Å². The number of fused-ring (bicyclic) bond motifs is 1. The summed E-state index contributed by atoms with van der Waals surface area (Å²) in [6, 6.07) is 12.5. The molecule has 43 heavy (non-hydrogen) atoms. The van der Waals surface area contributed by atoms with Crippen molar-refractivity contribution in [2.24, 2.45) is 5.92 Å². The molecule has 0 unspecified atom stereocenters. The molecule has 14 heteroatoms. The molecule has 0 aliphatic carbocycles. The summed E-state index contributed by atoms with van der Waals surface area (Å²) in [5.41, 5.74) is 2.62. The Labute approximate surface area is 249 Å². The number of pyridine rings is 2. The van der Waals surface area contributed by atoms with E-state index in [1.54, 1.807) is 24.4 Å². The smallest absolute Gasteiger partial charge is 0.300 e. The van der Waals surface area contributed by atoms with E-state index in [4.69, 9.17) is 0 Å². The number of sulfone groups is 1. The van der Waals surface area contributed by atoms with Gasteiger partial charge >= 0.3 is 0 Å². The summed E-state index contributed by atoms with van der Waals surface area (Å²) in [7, 11) is -6.97. The second kappa shape index (κ2) is 11.0. The fraction of sp³-hybridized carbons (Fsp3) is 0.276. The Balaban J connectivity index is 1.26. The first-order valence-corrected chi connectivity index (χ1v) is 17.1. The second-order valence-corrected chi connectivity index (χ2v) is 14.9. The molecule has 0 bridgehead atoms. The van der Waals surface area contributed by atoms with Crippen LogP contribution in [0.1, 0.15) is 25.3 Å². The highest BCUT2D eigenvalue weighted by molar-refractivity contribution is 7.90. The number of rotatable bonds is 9. The Morgan fingerprint density at radius 3 is 2.47 bits per heavy atom. The van der Waals surface area contributed by atoms with E-state index < -0.39 is 19.9 Å². The average Bonchev–Trinajstić information content (AvgIpc) is 3.46. The molecule has 1 fully saturated rings.